The van der Waals surface area contributed by atoms with Crippen LogP contribution in [0.1, 0.15) is 33.6 Å². The molecule has 1 aromatic heterocycles. The van der Waals surface area contributed by atoms with E-state index in [2.05, 4.69) is 20.8 Å². The lowest BCUT2D eigenvalue weighted by Gasteiger charge is -2.31. The number of methoxy groups -OCH3 is 1. The van der Waals surface area contributed by atoms with Crippen LogP contribution in [0.4, 0.5) is 16.2 Å². The first-order valence-corrected chi connectivity index (χ1v) is 11.3. The summed E-state index contributed by atoms with van der Waals surface area (Å²) in [6.07, 6.45) is 1.49. The first kappa shape index (κ1) is 22.0. The number of anilines is 2. The van der Waals surface area contributed by atoms with Crippen LogP contribution in [0.5, 0.6) is 5.75 Å². The van der Waals surface area contributed by atoms with Crippen LogP contribution in [0.25, 0.3) is 0 Å². The summed E-state index contributed by atoms with van der Waals surface area (Å²) < 4.78 is 5.28. The number of aromatic nitrogens is 2. The first-order valence-electron chi connectivity index (χ1n) is 10.1. The fraction of sp³-hybridized carbons (Fsp3) is 0.273. The van der Waals surface area contributed by atoms with Crippen LogP contribution in [0.2, 0.25) is 5.02 Å². The SMILES string of the molecule is COc1ccc(Cl)cc1NC(=O)N1CCC(c2nnc(C(=O)Nc3ccccc3)s2)CC1. The van der Waals surface area contributed by atoms with Gasteiger partial charge in [0.1, 0.15) is 10.8 Å². The van der Waals surface area contributed by atoms with Crippen molar-refractivity contribution in [1.29, 1.82) is 0 Å². The Bertz CT molecular complexity index is 1100. The largest absolute Gasteiger partial charge is 0.495 e. The van der Waals surface area contributed by atoms with Gasteiger partial charge in [-0.25, -0.2) is 4.79 Å². The third-order valence-electron chi connectivity index (χ3n) is 5.20. The topological polar surface area (TPSA) is 96.4 Å². The summed E-state index contributed by atoms with van der Waals surface area (Å²) in [5, 5.41) is 15.6. The highest BCUT2D eigenvalue weighted by Crippen LogP contribution is 2.32. The number of nitrogens with zero attached hydrogens (tertiary/aromatic N) is 3. The maximum Gasteiger partial charge on any atom is 0.321 e. The minimum atomic E-state index is -0.271. The maximum absolute atomic E-state index is 12.7. The molecule has 1 aliphatic rings. The molecule has 32 heavy (non-hydrogen) atoms. The molecule has 2 aromatic carbocycles. The van der Waals surface area contributed by atoms with Crippen LogP contribution in [-0.2, 0) is 0 Å². The zero-order valence-corrected chi connectivity index (χ0v) is 18.9. The highest BCUT2D eigenvalue weighted by atomic mass is 35.5. The van der Waals surface area contributed by atoms with Crippen molar-refractivity contribution in [2.24, 2.45) is 0 Å². The van der Waals surface area contributed by atoms with E-state index in [1.165, 1.54) is 11.3 Å². The zero-order chi connectivity index (χ0) is 22.5. The van der Waals surface area contributed by atoms with E-state index in [0.717, 1.165) is 17.8 Å². The minimum Gasteiger partial charge on any atom is -0.495 e. The molecule has 2 heterocycles. The fourth-order valence-corrected chi connectivity index (χ4v) is 4.58. The molecular weight excluding hydrogens is 450 g/mol. The predicted octanol–water partition coefficient (Wildman–Crippen LogP) is 4.86. The van der Waals surface area contributed by atoms with Gasteiger partial charge in [-0.2, -0.15) is 0 Å². The molecule has 0 atom stereocenters. The number of ether oxygens (including phenoxy) is 1. The lowest BCUT2D eigenvalue weighted by molar-refractivity contribution is 0.102. The van der Waals surface area contributed by atoms with Crippen LogP contribution >= 0.6 is 22.9 Å². The molecule has 1 saturated heterocycles. The van der Waals surface area contributed by atoms with Gasteiger partial charge in [-0.05, 0) is 43.2 Å². The predicted molar refractivity (Wildman–Crippen MR) is 125 cm³/mol. The van der Waals surface area contributed by atoms with E-state index >= 15 is 0 Å². The summed E-state index contributed by atoms with van der Waals surface area (Å²) in [6, 6.07) is 14.1. The third kappa shape index (κ3) is 5.17. The number of rotatable bonds is 5. The molecule has 0 unspecified atom stereocenters. The van der Waals surface area contributed by atoms with Crippen molar-refractivity contribution in [3.05, 3.63) is 63.6 Å². The van der Waals surface area contributed by atoms with Gasteiger partial charge in [0.2, 0.25) is 5.01 Å². The van der Waals surface area contributed by atoms with Crippen molar-refractivity contribution in [2.75, 3.05) is 30.8 Å². The Labute approximate surface area is 194 Å². The number of carbonyl (C=O) groups is 2. The Morgan fingerprint density at radius 3 is 2.56 bits per heavy atom. The molecule has 3 amide bonds. The maximum atomic E-state index is 12.7. The van der Waals surface area contributed by atoms with Crippen LogP contribution in [0, 0.1) is 0 Å². The molecule has 1 fully saturated rings. The summed E-state index contributed by atoms with van der Waals surface area (Å²) in [6.45, 7) is 1.15. The van der Waals surface area contributed by atoms with E-state index in [4.69, 9.17) is 16.3 Å². The second-order valence-corrected chi connectivity index (χ2v) is 8.75. The number of carbonyl (C=O) groups excluding carboxylic acids is 2. The number of likely N-dealkylation sites (tertiary alicyclic amines) is 1. The summed E-state index contributed by atoms with van der Waals surface area (Å²) in [4.78, 5) is 26.9. The van der Waals surface area contributed by atoms with Crippen molar-refractivity contribution in [3.63, 3.8) is 0 Å². The Morgan fingerprint density at radius 2 is 1.84 bits per heavy atom. The molecule has 0 spiro atoms. The van der Waals surface area contributed by atoms with E-state index in [9.17, 15) is 9.59 Å². The monoisotopic (exact) mass is 471 g/mol. The van der Waals surface area contributed by atoms with Gasteiger partial charge < -0.3 is 20.3 Å². The average molecular weight is 472 g/mol. The Balaban J connectivity index is 1.33. The molecular formula is C22H22ClN5O3S. The second-order valence-electron chi connectivity index (χ2n) is 7.30. The molecule has 4 rings (SSSR count). The van der Waals surface area contributed by atoms with Gasteiger partial charge in [0, 0.05) is 29.7 Å². The molecule has 8 nitrogen and oxygen atoms in total. The van der Waals surface area contributed by atoms with Gasteiger partial charge in [0.05, 0.1) is 12.8 Å². The quantitative estimate of drug-likeness (QED) is 0.553. The molecule has 2 N–H and O–H groups in total. The molecule has 1 aliphatic heterocycles. The summed E-state index contributed by atoms with van der Waals surface area (Å²) >= 11 is 7.34. The summed E-state index contributed by atoms with van der Waals surface area (Å²) in [7, 11) is 1.54. The van der Waals surface area contributed by atoms with Crippen LogP contribution < -0.4 is 15.4 Å². The fourth-order valence-electron chi connectivity index (χ4n) is 3.50. The van der Waals surface area contributed by atoms with E-state index in [1.807, 2.05) is 30.3 Å². The highest BCUT2D eigenvalue weighted by molar-refractivity contribution is 7.13. The van der Waals surface area contributed by atoms with Gasteiger partial charge in [0.15, 0.2) is 0 Å². The normalized spacial score (nSPS) is 14.1. The van der Waals surface area contributed by atoms with Crippen molar-refractivity contribution in [3.8, 4) is 5.75 Å². The number of piperidine rings is 1. The molecule has 0 aliphatic carbocycles. The Kier molecular flexibility index (Phi) is 6.87. The number of para-hydroxylation sites is 1. The first-order chi connectivity index (χ1) is 15.5. The summed E-state index contributed by atoms with van der Waals surface area (Å²) in [5.74, 6) is 0.440. The Morgan fingerprint density at radius 1 is 1.09 bits per heavy atom. The Hall–Kier alpha value is -3.17. The van der Waals surface area contributed by atoms with E-state index < -0.39 is 0 Å². The highest BCUT2D eigenvalue weighted by Gasteiger charge is 2.27. The molecule has 166 valence electrons. The van der Waals surface area contributed by atoms with Gasteiger partial charge in [0.25, 0.3) is 5.91 Å². The average Bonchev–Trinajstić information content (AvgIpc) is 3.31. The van der Waals surface area contributed by atoms with Crippen molar-refractivity contribution in [1.82, 2.24) is 15.1 Å². The number of urea groups is 1. The van der Waals surface area contributed by atoms with Crippen molar-refractivity contribution in [2.45, 2.75) is 18.8 Å². The van der Waals surface area contributed by atoms with Crippen LogP contribution in [0.3, 0.4) is 0 Å². The number of benzene rings is 2. The third-order valence-corrected chi connectivity index (χ3v) is 6.52. The van der Waals surface area contributed by atoms with Crippen molar-refractivity contribution < 1.29 is 14.3 Å². The standard InChI is InChI=1S/C22H22ClN5O3S/c1-31-18-8-7-15(23)13-17(18)25-22(30)28-11-9-14(10-12-28)20-26-27-21(32-20)19(29)24-16-5-3-2-4-6-16/h2-8,13-14H,9-12H2,1H3,(H,24,29)(H,25,30). The van der Waals surface area contributed by atoms with E-state index in [1.54, 1.807) is 30.2 Å². The zero-order valence-electron chi connectivity index (χ0n) is 17.4. The van der Waals surface area contributed by atoms with Gasteiger partial charge >= 0.3 is 6.03 Å². The summed E-state index contributed by atoms with van der Waals surface area (Å²) in [5.41, 5.74) is 1.25. The number of hydrogen-bond donors (Lipinski definition) is 2. The number of halogens is 1. The lowest BCUT2D eigenvalue weighted by atomic mass is 9.98. The molecule has 10 heteroatoms. The van der Waals surface area contributed by atoms with Crippen LogP contribution in [0.15, 0.2) is 48.5 Å². The lowest BCUT2D eigenvalue weighted by Crippen LogP contribution is -2.40. The van der Waals surface area contributed by atoms with Gasteiger partial charge in [-0.1, -0.05) is 41.1 Å². The van der Waals surface area contributed by atoms with E-state index in [0.29, 0.717) is 40.2 Å². The minimum absolute atomic E-state index is 0.163. The van der Waals surface area contributed by atoms with E-state index in [-0.39, 0.29) is 17.9 Å². The van der Waals surface area contributed by atoms with Gasteiger partial charge in [-0.15, -0.1) is 10.2 Å². The molecule has 0 radical (unpaired) electrons. The number of hydrogen-bond acceptors (Lipinski definition) is 6. The number of nitrogens with one attached hydrogen (secondary N) is 2. The van der Waals surface area contributed by atoms with Crippen molar-refractivity contribution >= 4 is 46.3 Å². The van der Waals surface area contributed by atoms with Crippen LogP contribution in [-0.4, -0.2) is 47.2 Å². The molecule has 0 bridgehead atoms. The smallest absolute Gasteiger partial charge is 0.321 e. The van der Waals surface area contributed by atoms with Gasteiger partial charge in [-0.3, -0.25) is 4.79 Å². The number of amides is 3. The second kappa shape index (κ2) is 9.97. The molecule has 3 aromatic rings. The molecule has 0 saturated carbocycles.